The summed E-state index contributed by atoms with van der Waals surface area (Å²) in [5, 5.41) is 5.10. The third kappa shape index (κ3) is 2.97. The highest BCUT2D eigenvalue weighted by Crippen LogP contribution is 2.18. The summed E-state index contributed by atoms with van der Waals surface area (Å²) in [7, 11) is 0. The summed E-state index contributed by atoms with van der Waals surface area (Å²) in [6.07, 6.45) is 4.11. The van der Waals surface area contributed by atoms with E-state index in [2.05, 4.69) is 5.32 Å². The fourth-order valence-corrected chi connectivity index (χ4v) is 2.54. The van der Waals surface area contributed by atoms with Gasteiger partial charge in [0.15, 0.2) is 0 Å². The molecule has 3 aromatic rings. The number of hydrogen-bond acceptors (Lipinski definition) is 2. The first-order valence-electron chi connectivity index (χ1n) is 7.04. The molecule has 1 unspecified atom stereocenters. The van der Waals surface area contributed by atoms with Crippen LogP contribution in [0.3, 0.4) is 0 Å². The first-order valence-corrected chi connectivity index (χ1v) is 7.04. The Morgan fingerprint density at radius 1 is 1.14 bits per heavy atom. The Hall–Kier alpha value is -2.55. The Kier molecular flexibility index (Phi) is 3.73. The summed E-state index contributed by atoms with van der Waals surface area (Å²) in [5.41, 5.74) is 1.80. The number of nitrogens with one attached hydrogen (secondary N) is 1. The Balaban J connectivity index is 1.78. The lowest BCUT2D eigenvalue weighted by molar-refractivity contribution is 0.0941. The third-order valence-corrected chi connectivity index (χ3v) is 3.53. The summed E-state index contributed by atoms with van der Waals surface area (Å²) in [5.74, 6) is -0.0391. The highest BCUT2D eigenvalue weighted by molar-refractivity contribution is 6.07. The van der Waals surface area contributed by atoms with Gasteiger partial charge in [-0.2, -0.15) is 0 Å². The van der Waals surface area contributed by atoms with E-state index in [1.54, 1.807) is 12.5 Å². The first kappa shape index (κ1) is 13.4. The maximum absolute atomic E-state index is 12.5. The normalized spacial score (nSPS) is 12.2. The van der Waals surface area contributed by atoms with Gasteiger partial charge < -0.3 is 9.73 Å². The molecule has 0 aliphatic carbocycles. The fraction of sp³-hybridized carbons (Fsp3) is 0.167. The van der Waals surface area contributed by atoms with Crippen molar-refractivity contribution in [1.82, 2.24) is 5.32 Å². The number of benzene rings is 2. The van der Waals surface area contributed by atoms with Gasteiger partial charge in [-0.15, -0.1) is 0 Å². The van der Waals surface area contributed by atoms with Gasteiger partial charge in [0, 0.05) is 11.6 Å². The fourth-order valence-electron chi connectivity index (χ4n) is 2.54. The highest BCUT2D eigenvalue weighted by atomic mass is 16.3. The predicted octanol–water partition coefficient (Wildman–Crippen LogP) is 3.79. The maximum atomic E-state index is 12.5. The Morgan fingerprint density at radius 3 is 2.76 bits per heavy atom. The molecule has 0 fully saturated rings. The van der Waals surface area contributed by atoms with Gasteiger partial charge in [0.25, 0.3) is 5.91 Å². The van der Waals surface area contributed by atoms with Gasteiger partial charge in [-0.3, -0.25) is 4.79 Å². The quantitative estimate of drug-likeness (QED) is 0.789. The summed E-state index contributed by atoms with van der Waals surface area (Å²) in [4.78, 5) is 12.5. The van der Waals surface area contributed by atoms with E-state index < -0.39 is 0 Å². The molecule has 0 bridgehead atoms. The van der Waals surface area contributed by atoms with E-state index in [0.717, 1.165) is 22.8 Å². The van der Waals surface area contributed by atoms with Crippen molar-refractivity contribution < 1.29 is 9.21 Å². The minimum Gasteiger partial charge on any atom is -0.472 e. The third-order valence-electron chi connectivity index (χ3n) is 3.53. The van der Waals surface area contributed by atoms with E-state index >= 15 is 0 Å². The Labute approximate surface area is 123 Å². The number of amides is 1. The van der Waals surface area contributed by atoms with Crippen molar-refractivity contribution in [2.24, 2.45) is 0 Å². The van der Waals surface area contributed by atoms with Gasteiger partial charge in [-0.25, -0.2) is 0 Å². The molecular formula is C18H17NO2. The number of fused-ring (bicyclic) bond motifs is 1. The molecule has 3 nitrogen and oxygen atoms in total. The van der Waals surface area contributed by atoms with Gasteiger partial charge in [-0.05, 0) is 41.8 Å². The van der Waals surface area contributed by atoms with Gasteiger partial charge in [0.05, 0.1) is 12.5 Å². The van der Waals surface area contributed by atoms with Crippen LogP contribution in [-0.4, -0.2) is 11.9 Å². The molecule has 3 heteroatoms. The second kappa shape index (κ2) is 5.83. The van der Waals surface area contributed by atoms with Gasteiger partial charge in [-0.1, -0.05) is 36.4 Å². The Bertz CT molecular complexity index is 742. The van der Waals surface area contributed by atoms with E-state index in [4.69, 9.17) is 4.42 Å². The standard InChI is InChI=1S/C18H17NO2/c1-13(11-14-9-10-21-12-14)19-18(20)17-8-4-6-15-5-2-3-7-16(15)17/h2-10,12-13H,11H2,1H3,(H,19,20). The van der Waals surface area contributed by atoms with Crippen LogP contribution in [0.1, 0.15) is 22.8 Å². The largest absolute Gasteiger partial charge is 0.472 e. The number of hydrogen-bond donors (Lipinski definition) is 1. The van der Waals surface area contributed by atoms with Crippen molar-refractivity contribution in [2.45, 2.75) is 19.4 Å². The molecule has 106 valence electrons. The number of carbonyl (C=O) groups is 1. The average Bonchev–Trinajstić information content (AvgIpc) is 2.99. The summed E-state index contributed by atoms with van der Waals surface area (Å²) < 4.78 is 5.05. The topological polar surface area (TPSA) is 42.2 Å². The van der Waals surface area contributed by atoms with Crippen molar-refractivity contribution in [3.05, 3.63) is 72.2 Å². The molecule has 3 rings (SSSR count). The van der Waals surface area contributed by atoms with Crippen LogP contribution in [0.25, 0.3) is 10.8 Å². The maximum Gasteiger partial charge on any atom is 0.252 e. The van der Waals surface area contributed by atoms with Crippen LogP contribution in [-0.2, 0) is 6.42 Å². The number of furan rings is 1. The molecule has 1 amide bonds. The zero-order valence-corrected chi connectivity index (χ0v) is 11.9. The molecular weight excluding hydrogens is 262 g/mol. The lowest BCUT2D eigenvalue weighted by atomic mass is 10.0. The van der Waals surface area contributed by atoms with E-state index in [9.17, 15) is 4.79 Å². The van der Waals surface area contributed by atoms with Crippen LogP contribution in [0, 0.1) is 0 Å². The van der Waals surface area contributed by atoms with Crippen LogP contribution in [0.15, 0.2) is 65.5 Å². The molecule has 1 N–H and O–H groups in total. The number of rotatable bonds is 4. The van der Waals surface area contributed by atoms with E-state index in [-0.39, 0.29) is 11.9 Å². The van der Waals surface area contributed by atoms with E-state index in [1.165, 1.54) is 0 Å². The molecule has 21 heavy (non-hydrogen) atoms. The summed E-state index contributed by atoms with van der Waals surface area (Å²) in [6, 6.07) is 15.7. The zero-order chi connectivity index (χ0) is 14.7. The second-order valence-corrected chi connectivity index (χ2v) is 5.24. The monoisotopic (exact) mass is 279 g/mol. The zero-order valence-electron chi connectivity index (χ0n) is 11.9. The van der Waals surface area contributed by atoms with Crippen molar-refractivity contribution in [3.63, 3.8) is 0 Å². The second-order valence-electron chi connectivity index (χ2n) is 5.24. The van der Waals surface area contributed by atoms with Crippen molar-refractivity contribution in [1.29, 1.82) is 0 Å². The smallest absolute Gasteiger partial charge is 0.252 e. The summed E-state index contributed by atoms with van der Waals surface area (Å²) >= 11 is 0. The van der Waals surface area contributed by atoms with Crippen LogP contribution in [0.4, 0.5) is 0 Å². The molecule has 2 aromatic carbocycles. The molecule has 0 radical (unpaired) electrons. The minimum absolute atomic E-state index is 0.0391. The van der Waals surface area contributed by atoms with Gasteiger partial charge in [0.1, 0.15) is 0 Å². The van der Waals surface area contributed by atoms with Crippen LogP contribution < -0.4 is 5.32 Å². The molecule has 0 aliphatic heterocycles. The molecule has 1 atom stereocenters. The summed E-state index contributed by atoms with van der Waals surface area (Å²) in [6.45, 7) is 2.00. The SMILES string of the molecule is CC(Cc1ccoc1)NC(=O)c1cccc2ccccc12. The van der Waals surface area contributed by atoms with Gasteiger partial charge >= 0.3 is 0 Å². The Morgan fingerprint density at radius 2 is 1.95 bits per heavy atom. The molecule has 0 saturated carbocycles. The molecule has 1 aromatic heterocycles. The van der Waals surface area contributed by atoms with Crippen molar-refractivity contribution in [2.75, 3.05) is 0 Å². The highest BCUT2D eigenvalue weighted by Gasteiger charge is 2.13. The average molecular weight is 279 g/mol. The molecule has 1 heterocycles. The molecule has 0 aliphatic rings. The molecule has 0 spiro atoms. The van der Waals surface area contributed by atoms with E-state index in [0.29, 0.717) is 5.56 Å². The first-order chi connectivity index (χ1) is 10.2. The van der Waals surface area contributed by atoms with E-state index in [1.807, 2.05) is 55.5 Å². The number of carbonyl (C=O) groups excluding carboxylic acids is 1. The van der Waals surface area contributed by atoms with Crippen molar-refractivity contribution >= 4 is 16.7 Å². The van der Waals surface area contributed by atoms with Crippen LogP contribution >= 0.6 is 0 Å². The minimum atomic E-state index is -0.0391. The lowest BCUT2D eigenvalue weighted by Gasteiger charge is -2.14. The van der Waals surface area contributed by atoms with Crippen molar-refractivity contribution in [3.8, 4) is 0 Å². The van der Waals surface area contributed by atoms with Crippen LogP contribution in [0.2, 0.25) is 0 Å². The van der Waals surface area contributed by atoms with Crippen LogP contribution in [0.5, 0.6) is 0 Å². The lowest BCUT2D eigenvalue weighted by Crippen LogP contribution is -2.34. The predicted molar refractivity (Wildman–Crippen MR) is 83.3 cm³/mol. The van der Waals surface area contributed by atoms with Gasteiger partial charge in [0.2, 0.25) is 0 Å². The molecule has 0 saturated heterocycles.